The number of carboxylic acid groups (broad SMARTS) is 1. The normalized spacial score (nSPS) is 21.4. The molecule has 1 aliphatic rings. The number of benzene rings is 1. The summed E-state index contributed by atoms with van der Waals surface area (Å²) < 4.78 is 0. The molecule has 2 rings (SSSR count). The third kappa shape index (κ3) is 1.30. The zero-order valence-electron chi connectivity index (χ0n) is 8.85. The molecule has 0 saturated heterocycles. The Morgan fingerprint density at radius 2 is 1.94 bits per heavy atom. The van der Waals surface area contributed by atoms with E-state index in [9.17, 15) is 25.0 Å². The number of anilines is 1. The number of carboxylic acids is 1. The summed E-state index contributed by atoms with van der Waals surface area (Å²) in [7, 11) is 0. The van der Waals surface area contributed by atoms with Gasteiger partial charge >= 0.3 is 11.6 Å². The van der Waals surface area contributed by atoms with Crippen molar-refractivity contribution >= 4 is 11.7 Å². The van der Waals surface area contributed by atoms with Crippen molar-refractivity contribution in [3.8, 4) is 0 Å². The summed E-state index contributed by atoms with van der Waals surface area (Å²) in [6, 6.07) is 5.70. The SMILES string of the molecule is O=C(O)C1([N+](=O)[O-])Cc2ccccc2N1[N+](=O)[O-]. The lowest BCUT2D eigenvalue weighted by atomic mass is 10.1. The van der Waals surface area contributed by atoms with Crippen LogP contribution in [0.15, 0.2) is 24.3 Å². The Morgan fingerprint density at radius 1 is 1.33 bits per heavy atom. The average Bonchev–Trinajstić information content (AvgIpc) is 2.64. The molecule has 0 aromatic heterocycles. The molecule has 1 unspecified atom stereocenters. The van der Waals surface area contributed by atoms with Crippen LogP contribution in [0.25, 0.3) is 0 Å². The van der Waals surface area contributed by atoms with Gasteiger partial charge in [-0.25, -0.2) is 14.9 Å². The summed E-state index contributed by atoms with van der Waals surface area (Å²) in [5, 5.41) is 30.1. The smallest absolute Gasteiger partial charge is 0.448 e. The summed E-state index contributed by atoms with van der Waals surface area (Å²) in [5.74, 6) is -1.86. The Hall–Kier alpha value is -2.71. The van der Waals surface area contributed by atoms with Crippen LogP contribution in [0.2, 0.25) is 0 Å². The van der Waals surface area contributed by atoms with E-state index in [4.69, 9.17) is 5.11 Å². The summed E-state index contributed by atoms with van der Waals surface area (Å²) in [5.41, 5.74) is -2.59. The zero-order valence-corrected chi connectivity index (χ0v) is 8.85. The van der Waals surface area contributed by atoms with Gasteiger partial charge in [0.25, 0.3) is 0 Å². The number of para-hydroxylation sites is 1. The van der Waals surface area contributed by atoms with E-state index in [1.54, 1.807) is 0 Å². The molecule has 94 valence electrons. The molecular weight excluding hydrogens is 246 g/mol. The fraction of sp³-hybridized carbons (Fsp3) is 0.222. The highest BCUT2D eigenvalue weighted by Gasteiger charge is 2.68. The molecule has 0 spiro atoms. The lowest BCUT2D eigenvalue weighted by molar-refractivity contribution is -0.621. The van der Waals surface area contributed by atoms with E-state index in [2.05, 4.69) is 0 Å². The Bertz CT molecular complexity index is 543. The standard InChI is InChI=1S/C9H7N3O6/c13-8(14)9(11(15)16)5-6-3-1-2-4-7(6)10(9)12(17)18/h1-4H,5H2,(H,13,14). The number of rotatable bonds is 3. The molecule has 0 amide bonds. The van der Waals surface area contributed by atoms with E-state index in [1.807, 2.05) is 0 Å². The molecular formula is C9H7N3O6. The maximum atomic E-state index is 11.2. The van der Waals surface area contributed by atoms with Gasteiger partial charge in [0.2, 0.25) is 0 Å². The first-order chi connectivity index (χ1) is 8.41. The minimum absolute atomic E-state index is 0.0680. The van der Waals surface area contributed by atoms with E-state index in [1.165, 1.54) is 24.3 Å². The van der Waals surface area contributed by atoms with Crippen LogP contribution in [0.5, 0.6) is 0 Å². The van der Waals surface area contributed by atoms with Crippen LogP contribution in [-0.2, 0) is 11.2 Å². The van der Waals surface area contributed by atoms with Crippen LogP contribution in [0, 0.1) is 20.2 Å². The van der Waals surface area contributed by atoms with Gasteiger partial charge in [-0.3, -0.25) is 10.1 Å². The fourth-order valence-electron chi connectivity index (χ4n) is 2.02. The van der Waals surface area contributed by atoms with Crippen molar-refractivity contribution in [3.05, 3.63) is 50.1 Å². The maximum absolute atomic E-state index is 11.2. The second-order valence-corrected chi connectivity index (χ2v) is 3.73. The summed E-state index contributed by atoms with van der Waals surface area (Å²) >= 11 is 0. The second kappa shape index (κ2) is 3.65. The Balaban J connectivity index is 2.69. The maximum Gasteiger partial charge on any atom is 0.448 e. The third-order valence-corrected chi connectivity index (χ3v) is 2.81. The summed E-state index contributed by atoms with van der Waals surface area (Å²) in [6.07, 6.45) is -0.549. The van der Waals surface area contributed by atoms with Gasteiger partial charge in [0.15, 0.2) is 5.03 Å². The lowest BCUT2D eigenvalue weighted by Crippen LogP contribution is -2.61. The average molecular weight is 253 g/mol. The molecule has 1 atom stereocenters. The summed E-state index contributed by atoms with van der Waals surface area (Å²) in [6.45, 7) is 0. The summed E-state index contributed by atoms with van der Waals surface area (Å²) in [4.78, 5) is 32.0. The largest absolute Gasteiger partial charge is 0.474 e. The van der Waals surface area contributed by atoms with E-state index in [0.29, 0.717) is 0 Å². The number of nitrogens with zero attached hydrogens (tertiary/aromatic N) is 3. The van der Waals surface area contributed by atoms with Gasteiger partial charge in [-0.2, -0.15) is 0 Å². The Kier molecular flexibility index (Phi) is 2.39. The number of fused-ring (bicyclic) bond motifs is 1. The topological polar surface area (TPSA) is 127 Å². The van der Waals surface area contributed by atoms with Gasteiger partial charge in [-0.15, -0.1) is 0 Å². The predicted octanol–water partition coefficient (Wildman–Crippen LogP) is 0.298. The van der Waals surface area contributed by atoms with Crippen LogP contribution in [0.3, 0.4) is 0 Å². The van der Waals surface area contributed by atoms with Gasteiger partial charge < -0.3 is 5.11 Å². The monoisotopic (exact) mass is 253 g/mol. The molecule has 0 bridgehead atoms. The van der Waals surface area contributed by atoms with Crippen molar-refractivity contribution in [2.75, 3.05) is 5.01 Å². The van der Waals surface area contributed by atoms with E-state index < -0.39 is 28.0 Å². The van der Waals surface area contributed by atoms with Crippen LogP contribution < -0.4 is 5.01 Å². The number of hydrogen-bond acceptors (Lipinski definition) is 5. The fourth-order valence-corrected chi connectivity index (χ4v) is 2.02. The first kappa shape index (κ1) is 11.8. The van der Waals surface area contributed by atoms with E-state index in [0.717, 1.165) is 0 Å². The quantitative estimate of drug-likeness (QED) is 0.606. The minimum Gasteiger partial charge on any atom is -0.474 e. The Morgan fingerprint density at radius 3 is 2.44 bits per heavy atom. The van der Waals surface area contributed by atoms with Crippen molar-refractivity contribution < 1.29 is 19.9 Å². The molecule has 0 radical (unpaired) electrons. The molecule has 9 nitrogen and oxygen atoms in total. The second-order valence-electron chi connectivity index (χ2n) is 3.73. The minimum atomic E-state index is -2.78. The van der Waals surface area contributed by atoms with Gasteiger partial charge in [-0.1, -0.05) is 18.2 Å². The number of hydrogen-bond donors (Lipinski definition) is 1. The van der Waals surface area contributed by atoms with Crippen LogP contribution in [0.1, 0.15) is 5.56 Å². The van der Waals surface area contributed by atoms with E-state index >= 15 is 0 Å². The molecule has 0 aliphatic carbocycles. The first-order valence-electron chi connectivity index (χ1n) is 4.81. The third-order valence-electron chi connectivity index (χ3n) is 2.81. The molecule has 1 heterocycles. The van der Waals surface area contributed by atoms with Gasteiger partial charge in [0.05, 0.1) is 11.3 Å². The van der Waals surface area contributed by atoms with Crippen molar-refractivity contribution in [1.82, 2.24) is 0 Å². The number of carbonyl (C=O) groups is 1. The molecule has 9 heteroatoms. The first-order valence-corrected chi connectivity index (χ1v) is 4.81. The number of hydrazine groups is 1. The van der Waals surface area contributed by atoms with Gasteiger partial charge in [-0.05, 0) is 16.6 Å². The van der Waals surface area contributed by atoms with Crippen LogP contribution in [0.4, 0.5) is 5.69 Å². The van der Waals surface area contributed by atoms with E-state index in [-0.39, 0.29) is 16.3 Å². The highest BCUT2D eigenvalue weighted by atomic mass is 16.7. The zero-order chi connectivity index (χ0) is 13.5. The highest BCUT2D eigenvalue weighted by molar-refractivity contribution is 5.84. The van der Waals surface area contributed by atoms with Gasteiger partial charge in [0, 0.05) is 0 Å². The Labute approximate surface area is 99.5 Å². The van der Waals surface area contributed by atoms with Crippen LogP contribution >= 0.6 is 0 Å². The predicted molar refractivity (Wildman–Crippen MR) is 57.0 cm³/mol. The molecule has 0 fully saturated rings. The van der Waals surface area contributed by atoms with Crippen molar-refractivity contribution in [1.29, 1.82) is 0 Å². The van der Waals surface area contributed by atoms with Crippen molar-refractivity contribution in [3.63, 3.8) is 0 Å². The van der Waals surface area contributed by atoms with Crippen molar-refractivity contribution in [2.24, 2.45) is 0 Å². The lowest BCUT2D eigenvalue weighted by Gasteiger charge is -2.19. The van der Waals surface area contributed by atoms with Gasteiger partial charge in [0.1, 0.15) is 5.69 Å². The molecule has 1 aromatic carbocycles. The molecule has 18 heavy (non-hydrogen) atoms. The molecule has 1 aromatic rings. The highest BCUT2D eigenvalue weighted by Crippen LogP contribution is 2.39. The van der Waals surface area contributed by atoms with Crippen molar-refractivity contribution in [2.45, 2.75) is 12.1 Å². The van der Waals surface area contributed by atoms with Crippen LogP contribution in [-0.4, -0.2) is 26.7 Å². The number of nitro groups is 2. The number of aliphatic carboxylic acids is 1. The molecule has 0 saturated carbocycles. The molecule has 1 N–H and O–H groups in total. The molecule has 1 aliphatic heterocycles.